The number of nitrogens with zero attached hydrogens (tertiary/aromatic N) is 4. The molecule has 2 fully saturated rings. The number of fused-ring (bicyclic) bond motifs is 1. The van der Waals surface area contributed by atoms with Crippen molar-refractivity contribution in [3.8, 4) is 0 Å². The van der Waals surface area contributed by atoms with Gasteiger partial charge in [-0.25, -0.2) is 4.98 Å². The van der Waals surface area contributed by atoms with E-state index in [1.165, 1.54) is 25.2 Å². The zero-order valence-corrected chi connectivity index (χ0v) is 14.3. The third-order valence-corrected chi connectivity index (χ3v) is 5.04. The van der Waals surface area contributed by atoms with Crippen LogP contribution < -0.4 is 5.32 Å². The van der Waals surface area contributed by atoms with Gasteiger partial charge < -0.3 is 20.3 Å². The number of aromatic nitrogens is 4. The number of halogens is 1. The van der Waals surface area contributed by atoms with Gasteiger partial charge in [0.2, 0.25) is 5.28 Å². The lowest BCUT2D eigenvalue weighted by atomic mass is 10.1. The first-order valence-electron chi connectivity index (χ1n) is 8.39. The number of anilines is 1. The Morgan fingerprint density at radius 2 is 2.04 bits per heavy atom. The second kappa shape index (κ2) is 6.53. The van der Waals surface area contributed by atoms with Crippen molar-refractivity contribution in [1.29, 1.82) is 0 Å². The summed E-state index contributed by atoms with van der Waals surface area (Å²) in [6.45, 7) is 3.61. The zero-order chi connectivity index (χ0) is 17.6. The van der Waals surface area contributed by atoms with Crippen LogP contribution in [-0.4, -0.2) is 54.1 Å². The van der Waals surface area contributed by atoms with Crippen molar-refractivity contribution in [3.63, 3.8) is 0 Å². The predicted molar refractivity (Wildman–Crippen MR) is 92.3 cm³/mol. The summed E-state index contributed by atoms with van der Waals surface area (Å²) in [6.07, 6.45) is 3.86. The molecule has 0 spiro atoms. The number of ether oxygens (including phenoxy) is 1. The Hall–Kier alpha value is -1.74. The average molecular weight is 366 g/mol. The molecule has 0 radical (unpaired) electrons. The molecule has 1 aliphatic heterocycles. The van der Waals surface area contributed by atoms with Crippen LogP contribution in [0, 0.1) is 0 Å². The fourth-order valence-electron chi connectivity index (χ4n) is 3.55. The lowest BCUT2D eigenvalue weighted by molar-refractivity contribution is -0.0244. The molecule has 1 saturated carbocycles. The van der Waals surface area contributed by atoms with Gasteiger partial charge in [0.15, 0.2) is 23.2 Å². The molecule has 3 heterocycles. The van der Waals surface area contributed by atoms with Crippen molar-refractivity contribution in [3.05, 3.63) is 24.3 Å². The average Bonchev–Trinajstić information content (AvgIpc) is 3.29. The standard InChI is InChI=1S/C16H20ClN5O3/c1-2-9-11(23)12(24)15(25-9)22-7-18-10-13(19-8-5-3-4-6-8)20-16(17)21-14(10)22/h2,7-9,11-12,15,23-24H,1,3-6H2,(H,19,20,21)/t9-,11-,12-,15-/m1/s1. The van der Waals surface area contributed by atoms with Crippen LogP contribution >= 0.6 is 11.6 Å². The quantitative estimate of drug-likeness (QED) is 0.558. The van der Waals surface area contributed by atoms with Crippen molar-refractivity contribution in [2.45, 2.75) is 56.3 Å². The minimum Gasteiger partial charge on any atom is -0.387 e. The molecule has 9 heteroatoms. The first-order chi connectivity index (χ1) is 12.1. The molecule has 134 valence electrons. The first-order valence-corrected chi connectivity index (χ1v) is 8.77. The third-order valence-electron chi connectivity index (χ3n) is 4.87. The number of aliphatic hydroxyl groups excluding tert-OH is 2. The second-order valence-electron chi connectivity index (χ2n) is 6.50. The molecule has 2 aromatic rings. The molecule has 2 aliphatic rings. The third kappa shape index (κ3) is 2.89. The van der Waals surface area contributed by atoms with E-state index >= 15 is 0 Å². The predicted octanol–water partition coefficient (Wildman–Crippen LogP) is 1.64. The van der Waals surface area contributed by atoms with Gasteiger partial charge in [0.05, 0.1) is 6.33 Å². The van der Waals surface area contributed by atoms with Gasteiger partial charge in [-0.3, -0.25) is 4.57 Å². The maximum Gasteiger partial charge on any atom is 0.226 e. The van der Waals surface area contributed by atoms with Crippen molar-refractivity contribution in [2.24, 2.45) is 0 Å². The van der Waals surface area contributed by atoms with Crippen LogP contribution in [0.5, 0.6) is 0 Å². The molecule has 0 aromatic carbocycles. The Morgan fingerprint density at radius 1 is 1.28 bits per heavy atom. The van der Waals surface area contributed by atoms with E-state index in [1.54, 1.807) is 4.57 Å². The van der Waals surface area contributed by atoms with Gasteiger partial charge in [0.1, 0.15) is 18.3 Å². The molecule has 0 unspecified atom stereocenters. The highest BCUT2D eigenvalue weighted by molar-refractivity contribution is 6.28. The minimum atomic E-state index is -1.12. The minimum absolute atomic E-state index is 0.0862. The fourth-order valence-corrected chi connectivity index (χ4v) is 3.72. The van der Waals surface area contributed by atoms with Gasteiger partial charge in [-0.15, -0.1) is 6.58 Å². The van der Waals surface area contributed by atoms with Crippen LogP contribution in [0.15, 0.2) is 19.0 Å². The fraction of sp³-hybridized carbons (Fsp3) is 0.562. The Morgan fingerprint density at radius 3 is 2.72 bits per heavy atom. The monoisotopic (exact) mass is 365 g/mol. The number of hydrogen-bond donors (Lipinski definition) is 3. The van der Waals surface area contributed by atoms with Gasteiger partial charge in [-0.2, -0.15) is 9.97 Å². The SMILES string of the molecule is C=C[C@H]1O[C@@H](n2cnc3c(NC4CCCC4)nc(Cl)nc32)[C@H](O)[C@@H]1O. The summed E-state index contributed by atoms with van der Waals surface area (Å²) in [7, 11) is 0. The van der Waals surface area contributed by atoms with Gasteiger partial charge in [0.25, 0.3) is 0 Å². The lowest BCUT2D eigenvalue weighted by Gasteiger charge is -2.17. The van der Waals surface area contributed by atoms with Gasteiger partial charge in [0, 0.05) is 6.04 Å². The van der Waals surface area contributed by atoms with Crippen molar-refractivity contribution in [1.82, 2.24) is 19.5 Å². The molecule has 4 rings (SSSR count). The Labute approximate surface area is 149 Å². The Balaban J connectivity index is 1.71. The molecule has 2 aromatic heterocycles. The zero-order valence-electron chi connectivity index (χ0n) is 13.5. The highest BCUT2D eigenvalue weighted by Gasteiger charge is 2.43. The highest BCUT2D eigenvalue weighted by Crippen LogP contribution is 2.33. The summed E-state index contributed by atoms with van der Waals surface area (Å²) in [6, 6.07) is 0.347. The van der Waals surface area contributed by atoms with E-state index in [2.05, 4.69) is 26.8 Å². The van der Waals surface area contributed by atoms with Crippen molar-refractivity contribution >= 4 is 28.6 Å². The van der Waals surface area contributed by atoms with E-state index in [0.717, 1.165) is 12.8 Å². The van der Waals surface area contributed by atoms with Crippen molar-refractivity contribution in [2.75, 3.05) is 5.32 Å². The normalized spacial score (nSPS) is 30.2. The number of hydrogen-bond acceptors (Lipinski definition) is 7. The van der Waals surface area contributed by atoms with Gasteiger partial charge in [-0.1, -0.05) is 18.9 Å². The topological polar surface area (TPSA) is 105 Å². The van der Waals surface area contributed by atoms with E-state index < -0.39 is 24.5 Å². The summed E-state index contributed by atoms with van der Waals surface area (Å²) in [5, 5.41) is 23.8. The molecule has 1 saturated heterocycles. The van der Waals surface area contributed by atoms with Crippen LogP contribution in [-0.2, 0) is 4.74 Å². The summed E-state index contributed by atoms with van der Waals surface area (Å²) in [5.41, 5.74) is 1.00. The molecule has 8 nitrogen and oxygen atoms in total. The molecule has 0 amide bonds. The smallest absolute Gasteiger partial charge is 0.226 e. The molecule has 4 atom stereocenters. The Kier molecular flexibility index (Phi) is 4.36. The van der Waals surface area contributed by atoms with Gasteiger partial charge >= 0.3 is 0 Å². The van der Waals surface area contributed by atoms with Crippen LogP contribution in [0.2, 0.25) is 5.28 Å². The number of nitrogens with one attached hydrogen (secondary N) is 1. The largest absolute Gasteiger partial charge is 0.387 e. The molecular weight excluding hydrogens is 346 g/mol. The number of rotatable bonds is 4. The van der Waals surface area contributed by atoms with Crippen LogP contribution in [0.3, 0.4) is 0 Å². The van der Waals surface area contributed by atoms with Crippen LogP contribution in [0.4, 0.5) is 5.82 Å². The Bertz CT molecular complexity index is 791. The van der Waals surface area contributed by atoms with Gasteiger partial charge in [-0.05, 0) is 24.4 Å². The number of aliphatic hydroxyl groups is 2. The van der Waals surface area contributed by atoms with E-state index in [1.807, 2.05) is 0 Å². The molecule has 25 heavy (non-hydrogen) atoms. The summed E-state index contributed by atoms with van der Waals surface area (Å²) in [5.74, 6) is 0.578. The summed E-state index contributed by atoms with van der Waals surface area (Å²) in [4.78, 5) is 12.9. The van der Waals surface area contributed by atoms with Crippen LogP contribution in [0.25, 0.3) is 11.2 Å². The lowest BCUT2D eigenvalue weighted by Crippen LogP contribution is -2.30. The van der Waals surface area contributed by atoms with E-state index in [4.69, 9.17) is 16.3 Å². The van der Waals surface area contributed by atoms with Crippen LogP contribution in [0.1, 0.15) is 31.9 Å². The molecular formula is C16H20ClN5O3. The maximum absolute atomic E-state index is 10.3. The maximum atomic E-state index is 10.3. The summed E-state index contributed by atoms with van der Waals surface area (Å²) >= 11 is 6.09. The molecule has 3 N–H and O–H groups in total. The first kappa shape index (κ1) is 16.7. The molecule has 1 aliphatic carbocycles. The van der Waals surface area contributed by atoms with E-state index in [-0.39, 0.29) is 5.28 Å². The number of imidazole rings is 1. The molecule has 0 bridgehead atoms. The van der Waals surface area contributed by atoms with E-state index in [0.29, 0.717) is 23.0 Å². The second-order valence-corrected chi connectivity index (χ2v) is 6.84. The van der Waals surface area contributed by atoms with E-state index in [9.17, 15) is 10.2 Å². The summed E-state index contributed by atoms with van der Waals surface area (Å²) < 4.78 is 7.25. The highest BCUT2D eigenvalue weighted by atomic mass is 35.5. The van der Waals surface area contributed by atoms with Crippen molar-refractivity contribution < 1.29 is 14.9 Å².